The van der Waals surface area contributed by atoms with Crippen LogP contribution in [0.25, 0.3) is 66.1 Å². The highest BCUT2D eigenvalue weighted by atomic mass is 35.5. The summed E-state index contributed by atoms with van der Waals surface area (Å²) in [5.41, 5.74) is 15.4. The number of amides is 3. The fraction of sp³-hybridized carbons (Fsp3) is 0.0351. The lowest BCUT2D eigenvalue weighted by Crippen LogP contribution is -2.24. The average molecular weight is 1030 g/mol. The fourth-order valence-corrected chi connectivity index (χ4v) is 7.96. The van der Waals surface area contributed by atoms with Gasteiger partial charge >= 0.3 is 0 Å². The summed E-state index contributed by atoms with van der Waals surface area (Å²) in [6.45, 7) is 0.743. The van der Waals surface area contributed by atoms with Gasteiger partial charge in [0.2, 0.25) is 0 Å². The van der Waals surface area contributed by atoms with Crippen molar-refractivity contribution in [2.45, 2.75) is 13.1 Å². The van der Waals surface area contributed by atoms with Crippen LogP contribution in [-0.4, -0.2) is 57.6 Å². The molecule has 0 bridgehead atoms. The topological polar surface area (TPSA) is 204 Å². The zero-order valence-electron chi connectivity index (χ0n) is 38.9. The van der Waals surface area contributed by atoms with Crippen LogP contribution in [-0.2, 0) is 13.1 Å². The number of benzene rings is 3. The number of hydrogen-bond acceptors (Lipinski definition) is 11. The lowest BCUT2D eigenvalue weighted by molar-refractivity contribution is 0.0938. The molecule has 0 aliphatic rings. The second-order valence-corrected chi connectivity index (χ2v) is 17.6. The summed E-state index contributed by atoms with van der Waals surface area (Å²) < 4.78 is 0. The molecule has 14 nitrogen and oxygen atoms in total. The number of nitrogens with two attached hydrogens (primary N) is 1. The van der Waals surface area contributed by atoms with Crippen LogP contribution < -0.4 is 16.4 Å². The van der Waals surface area contributed by atoms with Crippen molar-refractivity contribution in [1.29, 1.82) is 0 Å². The number of carbonyl (C=O) groups excluding carboxylic acids is 3. The molecule has 8 heterocycles. The first-order valence-electron chi connectivity index (χ1n) is 22.7. The molecule has 11 rings (SSSR count). The second kappa shape index (κ2) is 23.4. The summed E-state index contributed by atoms with van der Waals surface area (Å²) in [4.78, 5) is 70.8. The summed E-state index contributed by atoms with van der Waals surface area (Å²) >= 11 is 17.9. The Labute approximate surface area is 438 Å². The number of halogens is 3. The van der Waals surface area contributed by atoms with Crippen molar-refractivity contribution in [2.75, 3.05) is 0 Å². The predicted octanol–water partition coefficient (Wildman–Crippen LogP) is 11.6. The van der Waals surface area contributed by atoms with Crippen LogP contribution in [0.15, 0.2) is 195 Å². The van der Waals surface area contributed by atoms with Gasteiger partial charge in [-0.05, 0) is 113 Å². The number of nitrogens with zero attached hydrogens (tertiary/aromatic N) is 8. The number of nitrogens with one attached hydrogen (secondary N) is 2. The Balaban J connectivity index is 0.000000138. The van der Waals surface area contributed by atoms with E-state index in [2.05, 4.69) is 50.5 Å². The Morgan fingerprint density at radius 1 is 0.419 bits per heavy atom. The number of primary amides is 1. The minimum Gasteiger partial charge on any atom is -0.364 e. The number of hydrogen-bond donors (Lipinski definition) is 3. The van der Waals surface area contributed by atoms with Gasteiger partial charge in [-0.1, -0.05) is 83.3 Å². The highest BCUT2D eigenvalue weighted by Crippen LogP contribution is 2.30. The number of pyridine rings is 8. The second-order valence-electron chi connectivity index (χ2n) is 16.3. The summed E-state index contributed by atoms with van der Waals surface area (Å²) in [5, 5.41) is 10.3. The maximum absolute atomic E-state index is 12.5. The largest absolute Gasteiger partial charge is 0.364 e. The quantitative estimate of drug-likeness (QED) is 0.118. The van der Waals surface area contributed by atoms with Crippen molar-refractivity contribution in [3.05, 3.63) is 239 Å². The van der Waals surface area contributed by atoms with E-state index in [0.717, 1.165) is 71.8 Å². The molecule has 0 unspecified atom stereocenters. The molecule has 0 aliphatic heterocycles. The third kappa shape index (κ3) is 12.3. The molecule has 0 saturated heterocycles. The van der Waals surface area contributed by atoms with Crippen molar-refractivity contribution in [2.24, 2.45) is 5.73 Å². The molecule has 8 aromatic heterocycles. The van der Waals surface area contributed by atoms with Crippen LogP contribution in [0.5, 0.6) is 0 Å². The number of fused-ring (bicyclic) bond motifs is 3. The molecule has 0 fully saturated rings. The molecule has 0 atom stereocenters. The normalized spacial score (nSPS) is 10.7. The molecule has 0 radical (unpaired) electrons. The zero-order valence-corrected chi connectivity index (χ0v) is 41.2. The molecule has 362 valence electrons. The average Bonchev–Trinajstić information content (AvgIpc) is 3.44. The van der Waals surface area contributed by atoms with E-state index in [9.17, 15) is 14.4 Å². The van der Waals surface area contributed by atoms with Crippen molar-refractivity contribution in [1.82, 2.24) is 50.5 Å². The predicted molar refractivity (Wildman–Crippen MR) is 289 cm³/mol. The maximum Gasteiger partial charge on any atom is 0.270 e. The van der Waals surface area contributed by atoms with Crippen LogP contribution in [0.4, 0.5) is 0 Å². The van der Waals surface area contributed by atoms with Gasteiger partial charge in [0.15, 0.2) is 0 Å². The third-order valence-electron chi connectivity index (χ3n) is 11.3. The van der Waals surface area contributed by atoms with Gasteiger partial charge in [-0.2, -0.15) is 0 Å². The Morgan fingerprint density at radius 3 is 1.26 bits per heavy atom. The van der Waals surface area contributed by atoms with Crippen LogP contribution >= 0.6 is 34.8 Å². The smallest absolute Gasteiger partial charge is 0.270 e. The lowest BCUT2D eigenvalue weighted by atomic mass is 10.0. The van der Waals surface area contributed by atoms with E-state index in [1.807, 2.05) is 103 Å². The number of rotatable bonds is 10. The van der Waals surface area contributed by atoms with Crippen LogP contribution in [0.2, 0.25) is 15.1 Å². The van der Waals surface area contributed by atoms with Gasteiger partial charge in [-0.15, -0.1) is 0 Å². The van der Waals surface area contributed by atoms with Gasteiger partial charge in [0, 0.05) is 110 Å². The van der Waals surface area contributed by atoms with Crippen molar-refractivity contribution in [3.63, 3.8) is 0 Å². The molecule has 0 saturated carbocycles. The molecule has 0 aliphatic carbocycles. The van der Waals surface area contributed by atoms with Gasteiger partial charge in [-0.25, -0.2) is 15.0 Å². The standard InChI is InChI=1S/2C21H15ClN4O.C15H10ClN3O/c22-17-6-3-15(4-7-17)18-13-24-12-16-5-8-19(26-20(16)18)21(27)25-11-14-2-1-9-23-10-14;22-16-7-4-14(5-8-16)18-13-23-11-15-6-9-19(26-20(15)18)21(27)25-12-17-3-1-2-10-24-17;16-11-4-1-9(2-5-11)12-8-18-7-10-3-6-13(15(17)20)19-14(10)12/h1-10,12-13H,11H2,(H,25,27);1-11,13H,12H2,(H,25,27);1-8H,(H2,17,20). The van der Waals surface area contributed by atoms with E-state index in [4.69, 9.17) is 40.5 Å². The molecule has 0 spiro atoms. The van der Waals surface area contributed by atoms with Gasteiger partial charge in [0.1, 0.15) is 17.1 Å². The number of carbonyl (C=O) groups is 3. The molecule has 11 aromatic rings. The van der Waals surface area contributed by atoms with Crippen molar-refractivity contribution < 1.29 is 14.4 Å². The van der Waals surface area contributed by atoms with Crippen molar-refractivity contribution >= 4 is 85.2 Å². The summed E-state index contributed by atoms with van der Waals surface area (Å²) in [6, 6.07) is 42.1. The summed E-state index contributed by atoms with van der Waals surface area (Å²) in [5.74, 6) is -1.04. The van der Waals surface area contributed by atoms with Crippen LogP contribution in [0, 0.1) is 0 Å². The monoisotopic (exact) mass is 1030 g/mol. The highest BCUT2D eigenvalue weighted by molar-refractivity contribution is 6.31. The van der Waals surface area contributed by atoms with Crippen LogP contribution in [0.1, 0.15) is 42.7 Å². The van der Waals surface area contributed by atoms with Crippen molar-refractivity contribution in [3.8, 4) is 33.4 Å². The SMILES string of the molecule is NC(=O)c1ccc2cncc(-c3ccc(Cl)cc3)c2n1.O=C(NCc1ccccn1)c1ccc2cncc(-c3ccc(Cl)cc3)c2n1.O=C(NCc1cccnc1)c1ccc2cncc(-c3ccc(Cl)cc3)c2n1. The Kier molecular flexibility index (Phi) is 15.8. The summed E-state index contributed by atoms with van der Waals surface area (Å²) in [6.07, 6.45) is 15.5. The molecule has 74 heavy (non-hydrogen) atoms. The van der Waals surface area contributed by atoms with Gasteiger partial charge in [0.25, 0.3) is 17.7 Å². The van der Waals surface area contributed by atoms with E-state index < -0.39 is 5.91 Å². The van der Waals surface area contributed by atoms with E-state index in [0.29, 0.717) is 45.1 Å². The van der Waals surface area contributed by atoms with Crippen LogP contribution in [0.3, 0.4) is 0 Å². The van der Waals surface area contributed by atoms with E-state index in [1.54, 1.807) is 92.2 Å². The maximum atomic E-state index is 12.5. The molecular formula is C57H40Cl3N11O3. The Bertz CT molecular complexity index is 3600. The lowest BCUT2D eigenvalue weighted by Gasteiger charge is -2.09. The molecule has 3 amide bonds. The van der Waals surface area contributed by atoms with Gasteiger partial charge in [0.05, 0.1) is 28.8 Å². The highest BCUT2D eigenvalue weighted by Gasteiger charge is 2.15. The summed E-state index contributed by atoms with van der Waals surface area (Å²) in [7, 11) is 0. The number of aromatic nitrogens is 8. The molecule has 17 heteroatoms. The fourth-order valence-electron chi connectivity index (χ4n) is 7.58. The molecule has 3 aromatic carbocycles. The van der Waals surface area contributed by atoms with E-state index >= 15 is 0 Å². The third-order valence-corrected chi connectivity index (χ3v) is 12.1. The van der Waals surface area contributed by atoms with E-state index in [1.165, 1.54) is 0 Å². The Hall–Kier alpha value is -9.08. The first-order chi connectivity index (χ1) is 36.1. The molecule has 4 N–H and O–H groups in total. The molecular weight excluding hydrogens is 993 g/mol. The minimum absolute atomic E-state index is 0.235. The first-order valence-corrected chi connectivity index (χ1v) is 23.9. The van der Waals surface area contributed by atoms with Gasteiger partial charge in [-0.3, -0.25) is 39.3 Å². The zero-order chi connectivity index (χ0) is 51.4. The first kappa shape index (κ1) is 49.9. The van der Waals surface area contributed by atoms with E-state index in [-0.39, 0.29) is 17.5 Å². The Morgan fingerprint density at radius 2 is 0.851 bits per heavy atom. The van der Waals surface area contributed by atoms with Gasteiger partial charge < -0.3 is 16.4 Å². The minimum atomic E-state index is -0.550.